The number of nitrogens with two attached hydrogens (primary N) is 1. The molecule has 1 aromatic carbocycles. The Hall–Kier alpha value is -2.96. The van der Waals surface area contributed by atoms with E-state index in [0.29, 0.717) is 25.4 Å². The Morgan fingerprint density at radius 1 is 1.23 bits per heavy atom. The predicted molar refractivity (Wildman–Crippen MR) is 125 cm³/mol. The highest BCUT2D eigenvalue weighted by atomic mass is 35.5. The Bertz CT molecular complexity index is 1080. The van der Waals surface area contributed by atoms with Crippen LogP contribution in [0.2, 0.25) is 0 Å². The standard InChI is InChI=1S/C24H26N4O2.ClH/c1-2-30-24(29)23-20-12-10-18-16-26-19(11-9-17-7-4-3-5-8-17)15-21(18)22(20)27-28(23)14-6-13-25;/h3-5,7-9,11,15-16H,2,6,10,12-14,25H2,1H3;1H. The molecule has 0 spiro atoms. The molecule has 4 rings (SSSR count). The van der Waals surface area contributed by atoms with Crippen LogP contribution in [-0.2, 0) is 24.1 Å². The van der Waals surface area contributed by atoms with E-state index in [0.717, 1.165) is 52.9 Å². The van der Waals surface area contributed by atoms with E-state index in [-0.39, 0.29) is 18.4 Å². The average Bonchev–Trinajstić information content (AvgIpc) is 3.16. The van der Waals surface area contributed by atoms with Gasteiger partial charge in [0.2, 0.25) is 0 Å². The number of nitrogens with zero attached hydrogens (tertiary/aromatic N) is 3. The molecule has 0 aliphatic heterocycles. The highest BCUT2D eigenvalue weighted by Gasteiger charge is 2.29. The van der Waals surface area contributed by atoms with Crippen LogP contribution in [0.5, 0.6) is 0 Å². The van der Waals surface area contributed by atoms with Crippen LogP contribution in [0.4, 0.5) is 0 Å². The minimum Gasteiger partial charge on any atom is -0.461 e. The molecule has 162 valence electrons. The first kappa shape index (κ1) is 22.7. The number of aryl methyl sites for hydroxylation is 2. The molecule has 0 bridgehead atoms. The summed E-state index contributed by atoms with van der Waals surface area (Å²) in [7, 11) is 0. The zero-order valence-corrected chi connectivity index (χ0v) is 18.4. The number of ether oxygens (including phenoxy) is 1. The third-order valence-electron chi connectivity index (χ3n) is 5.25. The molecule has 1 aliphatic carbocycles. The molecule has 0 saturated heterocycles. The second-order valence-electron chi connectivity index (χ2n) is 7.27. The molecule has 0 amide bonds. The van der Waals surface area contributed by atoms with Gasteiger partial charge in [-0.25, -0.2) is 4.79 Å². The Labute approximate surface area is 188 Å². The van der Waals surface area contributed by atoms with Crippen LogP contribution in [0.15, 0.2) is 42.6 Å². The lowest BCUT2D eigenvalue weighted by Gasteiger charge is -2.16. The van der Waals surface area contributed by atoms with Gasteiger partial charge in [-0.3, -0.25) is 9.67 Å². The minimum absolute atomic E-state index is 0. The van der Waals surface area contributed by atoms with Gasteiger partial charge in [0.15, 0.2) is 0 Å². The lowest BCUT2D eigenvalue weighted by Crippen LogP contribution is -2.17. The summed E-state index contributed by atoms with van der Waals surface area (Å²) >= 11 is 0. The minimum atomic E-state index is -0.315. The van der Waals surface area contributed by atoms with Crippen LogP contribution in [0.25, 0.3) is 23.4 Å². The van der Waals surface area contributed by atoms with Crippen molar-refractivity contribution in [2.75, 3.05) is 13.2 Å². The fourth-order valence-corrected chi connectivity index (χ4v) is 3.80. The summed E-state index contributed by atoms with van der Waals surface area (Å²) in [6.45, 7) is 3.29. The van der Waals surface area contributed by atoms with Gasteiger partial charge in [0.25, 0.3) is 0 Å². The highest BCUT2D eigenvalue weighted by molar-refractivity contribution is 5.92. The Balaban J connectivity index is 0.00000272. The quantitative estimate of drug-likeness (QED) is 0.560. The molecule has 2 N–H and O–H groups in total. The van der Waals surface area contributed by atoms with Gasteiger partial charge >= 0.3 is 5.97 Å². The van der Waals surface area contributed by atoms with Gasteiger partial charge < -0.3 is 10.5 Å². The van der Waals surface area contributed by atoms with E-state index in [1.807, 2.05) is 43.5 Å². The molecule has 0 atom stereocenters. The van der Waals surface area contributed by atoms with Crippen molar-refractivity contribution >= 4 is 30.5 Å². The van der Waals surface area contributed by atoms with Gasteiger partial charge in [0.1, 0.15) is 5.69 Å². The van der Waals surface area contributed by atoms with E-state index >= 15 is 0 Å². The number of hydrogen-bond acceptors (Lipinski definition) is 5. The second kappa shape index (κ2) is 10.4. The van der Waals surface area contributed by atoms with Crippen molar-refractivity contribution in [3.8, 4) is 11.3 Å². The Morgan fingerprint density at radius 3 is 2.77 bits per heavy atom. The van der Waals surface area contributed by atoms with Gasteiger partial charge in [-0.1, -0.05) is 36.4 Å². The van der Waals surface area contributed by atoms with E-state index in [1.54, 1.807) is 4.68 Å². The fourth-order valence-electron chi connectivity index (χ4n) is 3.80. The zero-order valence-electron chi connectivity index (χ0n) is 17.6. The largest absolute Gasteiger partial charge is 0.461 e. The van der Waals surface area contributed by atoms with Crippen LogP contribution in [0.1, 0.15) is 46.2 Å². The molecule has 0 saturated carbocycles. The zero-order chi connectivity index (χ0) is 20.9. The molecular formula is C24H27ClN4O2. The van der Waals surface area contributed by atoms with Crippen molar-refractivity contribution in [2.24, 2.45) is 5.73 Å². The average molecular weight is 439 g/mol. The normalized spacial score (nSPS) is 12.2. The van der Waals surface area contributed by atoms with Crippen molar-refractivity contribution in [1.82, 2.24) is 14.8 Å². The van der Waals surface area contributed by atoms with Gasteiger partial charge in [-0.2, -0.15) is 5.10 Å². The first-order valence-electron chi connectivity index (χ1n) is 10.4. The lowest BCUT2D eigenvalue weighted by atomic mass is 9.89. The first-order chi connectivity index (χ1) is 14.7. The predicted octanol–water partition coefficient (Wildman–Crippen LogP) is 4.16. The van der Waals surface area contributed by atoms with E-state index in [1.165, 1.54) is 0 Å². The number of rotatable bonds is 7. The number of halogens is 1. The summed E-state index contributed by atoms with van der Waals surface area (Å²) in [5.74, 6) is -0.315. The van der Waals surface area contributed by atoms with E-state index < -0.39 is 0 Å². The van der Waals surface area contributed by atoms with Crippen LogP contribution in [0, 0.1) is 0 Å². The molecule has 2 heterocycles. The third-order valence-corrected chi connectivity index (χ3v) is 5.25. The van der Waals surface area contributed by atoms with Crippen molar-refractivity contribution in [2.45, 2.75) is 32.7 Å². The Morgan fingerprint density at radius 2 is 2.03 bits per heavy atom. The third kappa shape index (κ3) is 4.86. The number of hydrogen-bond donors (Lipinski definition) is 1. The molecule has 1 aliphatic rings. The number of pyridine rings is 1. The summed E-state index contributed by atoms with van der Waals surface area (Å²) in [4.78, 5) is 17.3. The SMILES string of the molecule is CCOC(=O)c1c2c(nn1CCCN)-c1cc(C=Cc3ccccc3)ncc1CC2.Cl. The highest BCUT2D eigenvalue weighted by Crippen LogP contribution is 2.35. The number of esters is 1. The van der Waals surface area contributed by atoms with Crippen LogP contribution in [-0.4, -0.2) is 33.9 Å². The molecular weight excluding hydrogens is 412 g/mol. The summed E-state index contributed by atoms with van der Waals surface area (Å²) < 4.78 is 7.09. The number of carbonyl (C=O) groups is 1. The van der Waals surface area contributed by atoms with E-state index in [2.05, 4.69) is 23.2 Å². The first-order valence-corrected chi connectivity index (χ1v) is 10.4. The Kier molecular flexibility index (Phi) is 7.60. The number of fused-ring (bicyclic) bond motifs is 3. The molecule has 6 nitrogen and oxygen atoms in total. The number of carbonyl (C=O) groups excluding carboxylic acids is 1. The van der Waals surface area contributed by atoms with Crippen LogP contribution < -0.4 is 5.73 Å². The van der Waals surface area contributed by atoms with Crippen molar-refractivity contribution in [3.63, 3.8) is 0 Å². The van der Waals surface area contributed by atoms with Crippen molar-refractivity contribution in [1.29, 1.82) is 0 Å². The van der Waals surface area contributed by atoms with Gasteiger partial charge in [0, 0.05) is 23.9 Å². The molecule has 7 heteroatoms. The fraction of sp³-hybridized carbons (Fsp3) is 0.292. The van der Waals surface area contributed by atoms with Crippen molar-refractivity contribution < 1.29 is 9.53 Å². The molecule has 2 aromatic heterocycles. The maximum Gasteiger partial charge on any atom is 0.356 e. The van der Waals surface area contributed by atoms with Crippen molar-refractivity contribution in [3.05, 3.63) is 70.7 Å². The molecule has 0 unspecified atom stereocenters. The maximum atomic E-state index is 12.7. The smallest absolute Gasteiger partial charge is 0.356 e. The lowest BCUT2D eigenvalue weighted by molar-refractivity contribution is 0.0510. The van der Waals surface area contributed by atoms with Crippen LogP contribution in [0.3, 0.4) is 0 Å². The second-order valence-corrected chi connectivity index (χ2v) is 7.27. The molecule has 0 radical (unpaired) electrons. The number of aromatic nitrogens is 3. The van der Waals surface area contributed by atoms with Gasteiger partial charge in [-0.15, -0.1) is 12.4 Å². The topological polar surface area (TPSA) is 83.0 Å². The molecule has 31 heavy (non-hydrogen) atoms. The summed E-state index contributed by atoms with van der Waals surface area (Å²) in [6, 6.07) is 12.2. The summed E-state index contributed by atoms with van der Waals surface area (Å²) in [5, 5.41) is 4.80. The van der Waals surface area contributed by atoms with Crippen LogP contribution >= 0.6 is 12.4 Å². The molecule has 3 aromatic rings. The molecule has 0 fully saturated rings. The van der Waals surface area contributed by atoms with Gasteiger partial charge in [-0.05, 0) is 56.0 Å². The number of benzene rings is 1. The maximum absolute atomic E-state index is 12.7. The van der Waals surface area contributed by atoms with Gasteiger partial charge in [0.05, 0.1) is 18.0 Å². The summed E-state index contributed by atoms with van der Waals surface area (Å²) in [5.41, 5.74) is 12.2. The summed E-state index contributed by atoms with van der Waals surface area (Å²) in [6.07, 6.45) is 8.30. The monoisotopic (exact) mass is 438 g/mol. The van der Waals surface area contributed by atoms with E-state index in [9.17, 15) is 4.79 Å². The van der Waals surface area contributed by atoms with E-state index in [4.69, 9.17) is 15.6 Å².